The van der Waals surface area contributed by atoms with E-state index in [4.69, 9.17) is 15.7 Å². The van der Waals surface area contributed by atoms with Crippen molar-refractivity contribution in [2.75, 3.05) is 0 Å². The molecule has 58 heavy (non-hydrogen) atoms. The Morgan fingerprint density at radius 2 is 0.879 bits per heavy atom. The first-order chi connectivity index (χ1) is 30.7. The maximum atomic E-state index is 8.40. The monoisotopic (exact) mass is 877 g/mol. The summed E-state index contributed by atoms with van der Waals surface area (Å²) in [5.41, 5.74) is 12.5. The third kappa shape index (κ3) is 6.64. The van der Waals surface area contributed by atoms with E-state index in [9.17, 15) is 0 Å². The fraction of sp³-hybridized carbons (Fsp3) is 0. The molecule has 0 saturated heterocycles. The average Bonchev–Trinajstić information content (AvgIpc) is 3.91. The van der Waals surface area contributed by atoms with Crippen LogP contribution in [0.3, 0.4) is 0 Å². The van der Waals surface area contributed by atoms with Crippen molar-refractivity contribution < 1.29 is 15.7 Å². The van der Waals surface area contributed by atoms with E-state index in [2.05, 4.69) is 123 Å². The first-order valence-electron chi connectivity index (χ1n) is 21.3. The van der Waals surface area contributed by atoms with Crippen LogP contribution in [-0.4, -0.2) is 0 Å². The summed E-state index contributed by atoms with van der Waals surface area (Å²) in [5, 5.41) is 4.32. The predicted molar refractivity (Wildman–Crippen MR) is 250 cm³/mol. The van der Waals surface area contributed by atoms with Crippen LogP contribution in [0.5, 0.6) is 0 Å². The molecule has 4 heteroatoms. The first-order valence-corrected chi connectivity index (χ1v) is 20.4. The molecule has 276 valence electrons. The van der Waals surface area contributed by atoms with Crippen LogP contribution < -0.4 is 0 Å². The van der Waals surface area contributed by atoms with E-state index in [1.807, 2.05) is 78.9 Å². The van der Waals surface area contributed by atoms with Gasteiger partial charge in [-0.25, -0.2) is 0 Å². The van der Waals surface area contributed by atoms with Crippen LogP contribution in [0, 0.1) is 0 Å². The summed E-state index contributed by atoms with van der Waals surface area (Å²) in [4.78, 5) is 0. The van der Waals surface area contributed by atoms with Crippen molar-refractivity contribution in [3.63, 3.8) is 0 Å². The zero-order valence-electron chi connectivity index (χ0n) is 35.8. The van der Waals surface area contributed by atoms with Crippen molar-refractivity contribution in [3.05, 3.63) is 215 Å². The Hall–Kier alpha value is -6.46. The maximum Gasteiger partial charge on any atom is 0.143 e. The van der Waals surface area contributed by atoms with Crippen LogP contribution in [0.15, 0.2) is 224 Å². The molecule has 2 aromatic heterocycles. The maximum absolute atomic E-state index is 8.40. The number of halogens is 2. The lowest BCUT2D eigenvalue weighted by atomic mass is 9.93. The molecule has 2 heterocycles. The number of furan rings is 2. The zero-order valence-corrected chi connectivity index (χ0v) is 34.0. The van der Waals surface area contributed by atoms with Crippen molar-refractivity contribution in [2.45, 2.75) is 0 Å². The predicted octanol–water partition coefficient (Wildman–Crippen LogP) is 17.0. The SMILES string of the molecule is Brc1ccccc1-c1ccc(-c2ccccc2)c2oc3ccccc3c12.[2H]c1c([2H])c([2H])c(-c2cccc(-c3ccc(-c4cccc(Br)c4)c4c3oc3ccccc34)c2)c([2H])c1[2H]. The average molecular weight is 880 g/mol. The number of para-hydroxylation sites is 2. The minimum Gasteiger partial charge on any atom is -0.455 e. The molecule has 0 aliphatic rings. The van der Waals surface area contributed by atoms with Crippen LogP contribution >= 0.6 is 31.9 Å². The number of hydrogen-bond donors (Lipinski definition) is 0. The van der Waals surface area contributed by atoms with Gasteiger partial charge in [0.25, 0.3) is 0 Å². The third-order valence-corrected chi connectivity index (χ3v) is 11.6. The Balaban J connectivity index is 0.000000159. The highest BCUT2D eigenvalue weighted by Gasteiger charge is 2.19. The highest BCUT2D eigenvalue weighted by molar-refractivity contribution is 9.10. The van der Waals surface area contributed by atoms with Gasteiger partial charge in [0.05, 0.1) is 6.85 Å². The molecule has 0 atom stereocenters. The normalized spacial score (nSPS) is 12.5. The van der Waals surface area contributed by atoms with Crippen LogP contribution in [0.25, 0.3) is 99.5 Å². The number of rotatable bonds is 5. The minimum atomic E-state index is -0.401. The van der Waals surface area contributed by atoms with Gasteiger partial charge in [0, 0.05) is 41.6 Å². The van der Waals surface area contributed by atoms with E-state index in [0.717, 1.165) is 86.2 Å². The summed E-state index contributed by atoms with van der Waals surface area (Å²) >= 11 is 7.28. The van der Waals surface area contributed by atoms with Gasteiger partial charge in [0.2, 0.25) is 0 Å². The van der Waals surface area contributed by atoms with E-state index < -0.39 is 6.04 Å². The van der Waals surface area contributed by atoms with Gasteiger partial charge < -0.3 is 8.83 Å². The summed E-state index contributed by atoms with van der Waals surface area (Å²) in [6, 6.07) is 57.4. The molecule has 0 aliphatic heterocycles. The summed E-state index contributed by atoms with van der Waals surface area (Å²) < 4.78 is 55.6. The van der Waals surface area contributed by atoms with Crippen LogP contribution in [-0.2, 0) is 0 Å². The van der Waals surface area contributed by atoms with Crippen LogP contribution in [0.1, 0.15) is 6.85 Å². The molecule has 0 bridgehead atoms. The van der Waals surface area contributed by atoms with Gasteiger partial charge in [-0.2, -0.15) is 0 Å². The summed E-state index contributed by atoms with van der Waals surface area (Å²) in [6.45, 7) is 0. The summed E-state index contributed by atoms with van der Waals surface area (Å²) in [6.07, 6.45) is 0. The van der Waals surface area contributed by atoms with Gasteiger partial charge in [-0.05, 0) is 93.0 Å². The van der Waals surface area contributed by atoms with Crippen molar-refractivity contribution in [1.82, 2.24) is 0 Å². The van der Waals surface area contributed by atoms with Gasteiger partial charge >= 0.3 is 0 Å². The van der Waals surface area contributed by atoms with Crippen molar-refractivity contribution in [3.8, 4) is 55.6 Å². The van der Waals surface area contributed by atoms with Gasteiger partial charge in [-0.1, -0.05) is 189 Å². The standard InChI is InChI=1S/C30H19BrO.C24H15BrO/c31-24-13-7-12-23(19-24)25-16-17-26(30-29(25)27-14-4-5-15-28(27)32-30)22-11-6-10-21(18-22)20-8-2-1-3-9-20;25-21-12-6-4-10-18(21)19-15-14-17(16-8-2-1-3-9-16)24-23(19)20-11-5-7-13-22(20)26-24/h1-19H;1-15H/i1D,2D,3D,8D,9D;. The zero-order chi connectivity index (χ0) is 43.4. The Bertz CT molecular complexity index is 3530. The third-order valence-electron chi connectivity index (χ3n) is 10.4. The second-order valence-corrected chi connectivity index (χ2v) is 15.6. The number of benzene rings is 9. The second-order valence-electron chi connectivity index (χ2n) is 13.9. The molecule has 0 amide bonds. The molecule has 11 aromatic rings. The lowest BCUT2D eigenvalue weighted by Gasteiger charge is -2.10. The summed E-state index contributed by atoms with van der Waals surface area (Å²) in [7, 11) is 0. The first kappa shape index (κ1) is 30.6. The highest BCUT2D eigenvalue weighted by Crippen LogP contribution is 2.44. The molecule has 0 radical (unpaired) electrons. The molecule has 0 saturated carbocycles. The van der Waals surface area contributed by atoms with Crippen molar-refractivity contribution >= 4 is 75.7 Å². The Labute approximate surface area is 360 Å². The van der Waals surface area contributed by atoms with Gasteiger partial charge in [0.1, 0.15) is 22.3 Å². The van der Waals surface area contributed by atoms with E-state index in [-0.39, 0.29) is 29.7 Å². The summed E-state index contributed by atoms with van der Waals surface area (Å²) in [5.74, 6) is 0. The molecule has 2 nitrogen and oxygen atoms in total. The Kier molecular flexibility index (Phi) is 8.17. The van der Waals surface area contributed by atoms with E-state index in [1.54, 1.807) is 6.07 Å². The van der Waals surface area contributed by atoms with Crippen molar-refractivity contribution in [2.24, 2.45) is 0 Å². The Morgan fingerprint density at radius 3 is 1.57 bits per heavy atom. The molecular weight excluding hydrogens is 840 g/mol. The quantitative estimate of drug-likeness (QED) is 0.172. The topological polar surface area (TPSA) is 26.3 Å². The van der Waals surface area contributed by atoms with E-state index in [0.29, 0.717) is 5.56 Å². The molecule has 0 unspecified atom stereocenters. The molecule has 0 N–H and O–H groups in total. The minimum absolute atomic E-state index is 0.180. The molecule has 9 aromatic carbocycles. The molecular formula is C54H34Br2O2. The van der Waals surface area contributed by atoms with Gasteiger partial charge in [0.15, 0.2) is 0 Å². The molecule has 0 aliphatic carbocycles. The lowest BCUT2D eigenvalue weighted by Crippen LogP contribution is -1.85. The van der Waals surface area contributed by atoms with E-state index in [1.165, 1.54) is 11.1 Å². The number of fused-ring (bicyclic) bond motifs is 6. The van der Waals surface area contributed by atoms with E-state index >= 15 is 0 Å². The fourth-order valence-electron chi connectivity index (χ4n) is 7.77. The largest absolute Gasteiger partial charge is 0.455 e. The van der Waals surface area contributed by atoms with Gasteiger partial charge in [-0.15, -0.1) is 0 Å². The van der Waals surface area contributed by atoms with Crippen molar-refractivity contribution in [1.29, 1.82) is 0 Å². The number of hydrogen-bond acceptors (Lipinski definition) is 2. The second kappa shape index (κ2) is 15.5. The molecule has 11 rings (SSSR count). The molecule has 0 spiro atoms. The molecule has 0 fully saturated rings. The van der Waals surface area contributed by atoms with Crippen LogP contribution in [0.4, 0.5) is 0 Å². The fourth-order valence-corrected chi connectivity index (χ4v) is 8.66. The highest BCUT2D eigenvalue weighted by atomic mass is 79.9. The lowest BCUT2D eigenvalue weighted by molar-refractivity contribution is 0.669. The van der Waals surface area contributed by atoms with Crippen LogP contribution in [0.2, 0.25) is 0 Å². The smallest absolute Gasteiger partial charge is 0.143 e. The Morgan fingerprint density at radius 1 is 0.362 bits per heavy atom. The van der Waals surface area contributed by atoms with Gasteiger partial charge in [-0.3, -0.25) is 0 Å².